The van der Waals surface area contributed by atoms with Gasteiger partial charge in [0.1, 0.15) is 0 Å². The molecule has 0 spiro atoms. The van der Waals surface area contributed by atoms with E-state index in [1.165, 1.54) is 0 Å². The van der Waals surface area contributed by atoms with E-state index in [2.05, 4.69) is 31.9 Å². The SMILES string of the molecule is O=C(Cn1cc(Br)c2ccccc21)c1ccccc1Br. The molecule has 100 valence electrons. The molecule has 0 unspecified atom stereocenters. The Morgan fingerprint density at radius 3 is 2.45 bits per heavy atom. The van der Waals surface area contributed by atoms with E-state index in [0.717, 1.165) is 19.8 Å². The molecule has 0 atom stereocenters. The summed E-state index contributed by atoms with van der Waals surface area (Å²) in [5, 5.41) is 1.12. The summed E-state index contributed by atoms with van der Waals surface area (Å²) in [6.07, 6.45) is 1.96. The summed E-state index contributed by atoms with van der Waals surface area (Å²) in [5.74, 6) is 0.0886. The number of carbonyl (C=O) groups excluding carboxylic acids is 1. The molecule has 0 aliphatic heterocycles. The van der Waals surface area contributed by atoms with Gasteiger partial charge in [0, 0.05) is 31.6 Å². The number of hydrogen-bond acceptors (Lipinski definition) is 1. The second-order valence-electron chi connectivity index (χ2n) is 4.53. The van der Waals surface area contributed by atoms with Crippen LogP contribution in [0.2, 0.25) is 0 Å². The second kappa shape index (κ2) is 5.54. The van der Waals surface area contributed by atoms with Crippen LogP contribution in [-0.2, 0) is 6.54 Å². The number of Topliss-reactive ketones (excluding diaryl/α,β-unsaturated/α-hetero) is 1. The number of fused-ring (bicyclic) bond motifs is 1. The van der Waals surface area contributed by atoms with Gasteiger partial charge in [0.25, 0.3) is 0 Å². The Kier molecular flexibility index (Phi) is 3.76. The van der Waals surface area contributed by atoms with Gasteiger partial charge in [-0.15, -0.1) is 0 Å². The maximum atomic E-state index is 12.4. The van der Waals surface area contributed by atoms with Crippen LogP contribution in [0.3, 0.4) is 0 Å². The molecule has 0 saturated heterocycles. The van der Waals surface area contributed by atoms with Crippen molar-refractivity contribution in [3.05, 3.63) is 69.2 Å². The van der Waals surface area contributed by atoms with Crippen LogP contribution in [0, 0.1) is 0 Å². The molecule has 1 heterocycles. The summed E-state index contributed by atoms with van der Waals surface area (Å²) < 4.78 is 3.81. The summed E-state index contributed by atoms with van der Waals surface area (Å²) in [7, 11) is 0. The maximum Gasteiger partial charge on any atom is 0.183 e. The van der Waals surface area contributed by atoms with Crippen molar-refractivity contribution in [3.8, 4) is 0 Å². The molecular weight excluding hydrogens is 382 g/mol. The van der Waals surface area contributed by atoms with Crippen LogP contribution in [0.5, 0.6) is 0 Å². The summed E-state index contributed by atoms with van der Waals surface area (Å²) in [6, 6.07) is 15.5. The number of carbonyl (C=O) groups is 1. The molecule has 0 saturated carbocycles. The standard InChI is InChI=1S/C16H11Br2NO/c17-13-7-3-1-6-12(13)16(20)10-19-9-14(18)11-5-2-4-8-15(11)19/h1-9H,10H2. The van der Waals surface area contributed by atoms with E-state index in [4.69, 9.17) is 0 Å². The smallest absolute Gasteiger partial charge is 0.183 e. The Labute approximate surface area is 133 Å². The lowest BCUT2D eigenvalue weighted by molar-refractivity contribution is 0.0973. The molecule has 3 rings (SSSR count). The Hall–Kier alpha value is -1.39. The highest BCUT2D eigenvalue weighted by molar-refractivity contribution is 9.11. The van der Waals surface area contributed by atoms with Crippen molar-refractivity contribution in [2.24, 2.45) is 0 Å². The van der Waals surface area contributed by atoms with E-state index < -0.39 is 0 Å². The van der Waals surface area contributed by atoms with Gasteiger partial charge in [0.15, 0.2) is 5.78 Å². The number of benzene rings is 2. The van der Waals surface area contributed by atoms with Crippen LogP contribution in [0.4, 0.5) is 0 Å². The van der Waals surface area contributed by atoms with E-state index in [1.807, 2.05) is 59.3 Å². The molecule has 3 aromatic rings. The molecule has 2 aromatic carbocycles. The molecule has 0 aliphatic carbocycles. The van der Waals surface area contributed by atoms with Gasteiger partial charge in [-0.25, -0.2) is 0 Å². The lowest BCUT2D eigenvalue weighted by Crippen LogP contribution is -2.10. The van der Waals surface area contributed by atoms with Crippen LogP contribution >= 0.6 is 31.9 Å². The van der Waals surface area contributed by atoms with Gasteiger partial charge in [-0.2, -0.15) is 0 Å². The van der Waals surface area contributed by atoms with Crippen LogP contribution in [0.15, 0.2) is 63.7 Å². The third-order valence-corrected chi connectivity index (χ3v) is 4.55. The summed E-state index contributed by atoms with van der Waals surface area (Å²) >= 11 is 6.96. The monoisotopic (exact) mass is 391 g/mol. The molecule has 20 heavy (non-hydrogen) atoms. The zero-order chi connectivity index (χ0) is 14.1. The largest absolute Gasteiger partial charge is 0.338 e. The number of rotatable bonds is 3. The van der Waals surface area contributed by atoms with Crippen molar-refractivity contribution in [1.82, 2.24) is 4.57 Å². The minimum atomic E-state index is 0.0886. The number of nitrogens with zero attached hydrogens (tertiary/aromatic N) is 1. The molecule has 0 bridgehead atoms. The first kappa shape index (κ1) is 13.6. The van der Waals surface area contributed by atoms with E-state index in [-0.39, 0.29) is 5.78 Å². The van der Waals surface area contributed by atoms with Crippen LogP contribution in [-0.4, -0.2) is 10.4 Å². The van der Waals surface area contributed by atoms with E-state index in [1.54, 1.807) is 0 Å². The van der Waals surface area contributed by atoms with Crippen molar-refractivity contribution >= 4 is 48.5 Å². The fraction of sp³-hybridized carbons (Fsp3) is 0.0625. The average Bonchev–Trinajstić information content (AvgIpc) is 2.76. The van der Waals surface area contributed by atoms with Crippen molar-refractivity contribution in [2.45, 2.75) is 6.54 Å². The fourth-order valence-corrected chi connectivity index (χ4v) is 3.35. The molecule has 1 aromatic heterocycles. The fourth-order valence-electron chi connectivity index (χ4n) is 2.26. The molecule has 0 aliphatic rings. The van der Waals surface area contributed by atoms with E-state index in [0.29, 0.717) is 12.1 Å². The highest BCUT2D eigenvalue weighted by Gasteiger charge is 2.13. The van der Waals surface area contributed by atoms with E-state index in [9.17, 15) is 4.79 Å². The summed E-state index contributed by atoms with van der Waals surface area (Å²) in [6.45, 7) is 0.328. The van der Waals surface area contributed by atoms with E-state index >= 15 is 0 Å². The topological polar surface area (TPSA) is 22.0 Å². The molecule has 2 nitrogen and oxygen atoms in total. The second-order valence-corrected chi connectivity index (χ2v) is 6.23. The lowest BCUT2D eigenvalue weighted by atomic mass is 10.1. The first-order valence-electron chi connectivity index (χ1n) is 6.18. The Morgan fingerprint density at radius 1 is 0.950 bits per heavy atom. The third kappa shape index (κ3) is 2.45. The van der Waals surface area contributed by atoms with Gasteiger partial charge < -0.3 is 4.57 Å². The van der Waals surface area contributed by atoms with Gasteiger partial charge in [0.2, 0.25) is 0 Å². The minimum absolute atomic E-state index is 0.0886. The van der Waals surface area contributed by atoms with Crippen LogP contribution in [0.1, 0.15) is 10.4 Å². The Balaban J connectivity index is 1.98. The predicted molar refractivity (Wildman–Crippen MR) is 88.1 cm³/mol. The van der Waals surface area contributed by atoms with Crippen molar-refractivity contribution in [1.29, 1.82) is 0 Å². The number of ketones is 1. The molecule has 4 heteroatoms. The number of aromatic nitrogens is 1. The van der Waals surface area contributed by atoms with Crippen molar-refractivity contribution in [3.63, 3.8) is 0 Å². The van der Waals surface area contributed by atoms with Crippen molar-refractivity contribution < 1.29 is 4.79 Å². The van der Waals surface area contributed by atoms with Gasteiger partial charge in [-0.1, -0.05) is 52.3 Å². The Bertz CT molecular complexity index is 792. The minimum Gasteiger partial charge on any atom is -0.338 e. The number of halogens is 2. The van der Waals surface area contributed by atoms with Gasteiger partial charge in [-0.3, -0.25) is 4.79 Å². The maximum absolute atomic E-state index is 12.4. The highest BCUT2D eigenvalue weighted by Crippen LogP contribution is 2.26. The normalized spacial score (nSPS) is 10.9. The first-order valence-corrected chi connectivity index (χ1v) is 7.76. The average molecular weight is 393 g/mol. The zero-order valence-electron chi connectivity index (χ0n) is 10.5. The van der Waals surface area contributed by atoms with Gasteiger partial charge in [-0.05, 0) is 28.1 Å². The molecule has 0 radical (unpaired) electrons. The van der Waals surface area contributed by atoms with Gasteiger partial charge in [0.05, 0.1) is 6.54 Å². The van der Waals surface area contributed by atoms with Crippen LogP contribution in [0.25, 0.3) is 10.9 Å². The molecular formula is C16H11Br2NO. The third-order valence-electron chi connectivity index (χ3n) is 3.23. The summed E-state index contributed by atoms with van der Waals surface area (Å²) in [5.41, 5.74) is 1.76. The molecule has 0 amide bonds. The quantitative estimate of drug-likeness (QED) is 0.571. The number of hydrogen-bond donors (Lipinski definition) is 0. The van der Waals surface area contributed by atoms with Crippen molar-refractivity contribution in [2.75, 3.05) is 0 Å². The predicted octanol–water partition coefficient (Wildman–Crippen LogP) is 5.05. The lowest BCUT2D eigenvalue weighted by Gasteiger charge is -2.06. The summed E-state index contributed by atoms with van der Waals surface area (Å²) in [4.78, 5) is 12.4. The molecule has 0 fully saturated rings. The van der Waals surface area contributed by atoms with Crippen LogP contribution < -0.4 is 0 Å². The Morgan fingerprint density at radius 2 is 1.65 bits per heavy atom. The van der Waals surface area contributed by atoms with Gasteiger partial charge >= 0.3 is 0 Å². The zero-order valence-corrected chi connectivity index (χ0v) is 13.7. The molecule has 0 N–H and O–H groups in total. The highest BCUT2D eigenvalue weighted by atomic mass is 79.9. The first-order chi connectivity index (χ1) is 9.66. The number of para-hydroxylation sites is 1.